The van der Waals surface area contributed by atoms with Gasteiger partial charge in [-0.25, -0.2) is 0 Å². The molecule has 0 aromatic carbocycles. The van der Waals surface area contributed by atoms with Gasteiger partial charge in [0.2, 0.25) is 0 Å². The largest absolute Gasteiger partial charge is 0.384 e. The Morgan fingerprint density at radius 1 is 1.45 bits per heavy atom. The summed E-state index contributed by atoms with van der Waals surface area (Å²) >= 11 is 1.53. The highest BCUT2D eigenvalue weighted by Crippen LogP contribution is 2.29. The summed E-state index contributed by atoms with van der Waals surface area (Å²) in [5.41, 5.74) is 1.22. The number of amides is 1. The predicted octanol–water partition coefficient (Wildman–Crippen LogP) is 3.04. The van der Waals surface area contributed by atoms with Crippen LogP contribution in [0.25, 0.3) is 0 Å². The molecule has 1 aliphatic rings. The third kappa shape index (κ3) is 4.69. The number of ether oxygens (including phenoxy) is 1. The molecule has 0 atom stereocenters. The van der Waals surface area contributed by atoms with Crippen LogP contribution in [0.15, 0.2) is 11.4 Å². The van der Waals surface area contributed by atoms with Crippen molar-refractivity contribution in [2.24, 2.45) is 5.41 Å². The fourth-order valence-electron chi connectivity index (χ4n) is 2.94. The molecule has 2 N–H and O–H groups in total. The lowest BCUT2D eigenvalue weighted by Crippen LogP contribution is -2.47. The summed E-state index contributed by atoms with van der Waals surface area (Å²) in [4.78, 5) is 13.3. The third-order valence-corrected chi connectivity index (χ3v) is 5.19. The van der Waals surface area contributed by atoms with Crippen LogP contribution >= 0.6 is 23.7 Å². The molecule has 0 aliphatic carbocycles. The number of hydrogen-bond donors (Lipinski definition) is 2. The van der Waals surface area contributed by atoms with E-state index in [-0.39, 0.29) is 23.7 Å². The van der Waals surface area contributed by atoms with Crippen LogP contribution in [0.3, 0.4) is 0 Å². The fraction of sp³-hybridized carbons (Fsp3) is 0.688. The van der Waals surface area contributed by atoms with E-state index in [0.29, 0.717) is 19.1 Å². The van der Waals surface area contributed by atoms with Gasteiger partial charge in [0, 0.05) is 19.1 Å². The van der Waals surface area contributed by atoms with Crippen molar-refractivity contribution in [2.45, 2.75) is 32.6 Å². The molecule has 1 amide bonds. The van der Waals surface area contributed by atoms with Crippen LogP contribution < -0.4 is 10.6 Å². The van der Waals surface area contributed by atoms with Gasteiger partial charge in [-0.3, -0.25) is 4.79 Å². The number of rotatable bonds is 6. The fourth-order valence-corrected chi connectivity index (χ4v) is 3.91. The third-order valence-electron chi connectivity index (χ3n) is 4.26. The Kier molecular flexibility index (Phi) is 7.83. The Morgan fingerprint density at radius 2 is 2.14 bits per heavy atom. The van der Waals surface area contributed by atoms with Gasteiger partial charge in [0.15, 0.2) is 0 Å². The van der Waals surface area contributed by atoms with Crippen molar-refractivity contribution in [3.8, 4) is 0 Å². The summed E-state index contributed by atoms with van der Waals surface area (Å²) in [6, 6.07) is 2.06. The molecule has 0 saturated carbocycles. The lowest BCUT2D eigenvalue weighted by Gasteiger charge is -2.37. The Morgan fingerprint density at radius 3 is 2.73 bits per heavy atom. The van der Waals surface area contributed by atoms with Crippen molar-refractivity contribution in [2.75, 3.05) is 33.4 Å². The van der Waals surface area contributed by atoms with Gasteiger partial charge in [0.1, 0.15) is 0 Å². The monoisotopic (exact) mass is 346 g/mol. The Bertz CT molecular complexity index is 465. The van der Waals surface area contributed by atoms with Crippen LogP contribution in [-0.2, 0) is 4.74 Å². The lowest BCUT2D eigenvalue weighted by atomic mass is 9.79. The minimum atomic E-state index is 0. The number of methoxy groups -OCH3 is 1. The van der Waals surface area contributed by atoms with Gasteiger partial charge in [-0.15, -0.1) is 23.7 Å². The van der Waals surface area contributed by atoms with E-state index in [2.05, 4.69) is 30.5 Å². The maximum absolute atomic E-state index is 12.5. The van der Waals surface area contributed by atoms with Crippen molar-refractivity contribution < 1.29 is 9.53 Å². The van der Waals surface area contributed by atoms with E-state index in [9.17, 15) is 4.79 Å². The van der Waals surface area contributed by atoms with Crippen LogP contribution in [0.1, 0.15) is 47.8 Å². The number of carbonyl (C=O) groups excluding carboxylic acids is 1. The zero-order valence-corrected chi connectivity index (χ0v) is 15.2. The van der Waals surface area contributed by atoms with E-state index >= 15 is 0 Å². The van der Waals surface area contributed by atoms with E-state index in [1.54, 1.807) is 7.11 Å². The van der Waals surface area contributed by atoms with Crippen LogP contribution in [-0.4, -0.2) is 39.3 Å². The van der Waals surface area contributed by atoms with Crippen molar-refractivity contribution >= 4 is 29.7 Å². The summed E-state index contributed by atoms with van der Waals surface area (Å²) in [6.45, 7) is 7.63. The summed E-state index contributed by atoms with van der Waals surface area (Å²) < 4.78 is 5.39. The van der Waals surface area contributed by atoms with Crippen LogP contribution in [0.2, 0.25) is 0 Å². The van der Waals surface area contributed by atoms with Gasteiger partial charge < -0.3 is 15.4 Å². The number of halogens is 1. The maximum Gasteiger partial charge on any atom is 0.261 e. The zero-order valence-electron chi connectivity index (χ0n) is 13.6. The predicted molar refractivity (Wildman–Crippen MR) is 94.4 cm³/mol. The molecule has 1 aliphatic heterocycles. The first-order valence-corrected chi connectivity index (χ1v) is 8.51. The molecule has 0 spiro atoms. The minimum absolute atomic E-state index is 0. The average Bonchev–Trinajstić information content (AvgIpc) is 2.96. The van der Waals surface area contributed by atoms with E-state index in [4.69, 9.17) is 4.74 Å². The topological polar surface area (TPSA) is 50.4 Å². The molecule has 1 fully saturated rings. The molecule has 0 unspecified atom stereocenters. The van der Waals surface area contributed by atoms with Crippen LogP contribution in [0, 0.1) is 5.41 Å². The van der Waals surface area contributed by atoms with Crippen molar-refractivity contribution in [3.63, 3.8) is 0 Å². The number of carbonyl (C=O) groups is 1. The molecule has 1 saturated heterocycles. The quantitative estimate of drug-likeness (QED) is 0.832. The normalized spacial score (nSPS) is 17.1. The van der Waals surface area contributed by atoms with E-state index in [0.717, 1.165) is 36.4 Å². The van der Waals surface area contributed by atoms with Gasteiger partial charge in [-0.1, -0.05) is 13.8 Å². The van der Waals surface area contributed by atoms with E-state index in [1.165, 1.54) is 11.3 Å². The molecule has 4 nitrogen and oxygen atoms in total. The summed E-state index contributed by atoms with van der Waals surface area (Å²) in [5.74, 6) is 0.437. The molecule has 0 bridgehead atoms. The second-order valence-electron chi connectivity index (χ2n) is 6.23. The van der Waals surface area contributed by atoms with E-state index in [1.807, 2.05) is 5.38 Å². The number of hydrogen-bond acceptors (Lipinski definition) is 4. The first-order chi connectivity index (χ1) is 10.1. The highest BCUT2D eigenvalue weighted by atomic mass is 35.5. The SMILES string of the molecule is COCC1(CNC(=O)c2sccc2C(C)C)CCNCC1.Cl. The summed E-state index contributed by atoms with van der Waals surface area (Å²) in [5, 5.41) is 8.51. The van der Waals surface area contributed by atoms with Gasteiger partial charge in [-0.2, -0.15) is 0 Å². The lowest BCUT2D eigenvalue weighted by molar-refractivity contribution is 0.0512. The Hall–Kier alpha value is -0.620. The number of nitrogens with one attached hydrogen (secondary N) is 2. The first kappa shape index (κ1) is 19.4. The molecule has 22 heavy (non-hydrogen) atoms. The smallest absolute Gasteiger partial charge is 0.261 e. The van der Waals surface area contributed by atoms with Crippen molar-refractivity contribution in [3.05, 3.63) is 21.9 Å². The van der Waals surface area contributed by atoms with Gasteiger partial charge >= 0.3 is 0 Å². The molecule has 126 valence electrons. The number of piperidine rings is 1. The maximum atomic E-state index is 12.5. The van der Waals surface area contributed by atoms with E-state index < -0.39 is 0 Å². The van der Waals surface area contributed by atoms with Crippen LogP contribution in [0.4, 0.5) is 0 Å². The van der Waals surface area contributed by atoms with Gasteiger partial charge in [0.05, 0.1) is 11.5 Å². The second kappa shape index (κ2) is 8.87. The molecular weight excluding hydrogens is 320 g/mol. The average molecular weight is 347 g/mol. The summed E-state index contributed by atoms with van der Waals surface area (Å²) in [7, 11) is 1.74. The standard InChI is InChI=1S/C16H26N2O2S.ClH/c1-12(2)13-4-9-21-14(13)15(19)18-10-16(11-20-3)5-7-17-8-6-16;/h4,9,12,17H,5-8,10-11H2,1-3H3,(H,18,19);1H. The van der Waals surface area contributed by atoms with Crippen molar-refractivity contribution in [1.29, 1.82) is 0 Å². The molecule has 6 heteroatoms. The molecular formula is C16H27ClN2O2S. The first-order valence-electron chi connectivity index (χ1n) is 7.63. The molecule has 2 rings (SSSR count). The zero-order chi connectivity index (χ0) is 15.3. The van der Waals surface area contributed by atoms with Crippen molar-refractivity contribution in [1.82, 2.24) is 10.6 Å². The molecule has 0 radical (unpaired) electrons. The summed E-state index contributed by atoms with van der Waals surface area (Å²) in [6.07, 6.45) is 2.09. The molecule has 1 aromatic heterocycles. The molecule has 1 aromatic rings. The van der Waals surface area contributed by atoms with Gasteiger partial charge in [-0.05, 0) is 48.9 Å². The Balaban J connectivity index is 0.00000242. The highest BCUT2D eigenvalue weighted by molar-refractivity contribution is 7.12. The number of thiophene rings is 1. The minimum Gasteiger partial charge on any atom is -0.384 e. The van der Waals surface area contributed by atoms with Gasteiger partial charge in [0.25, 0.3) is 5.91 Å². The highest BCUT2D eigenvalue weighted by Gasteiger charge is 2.32. The Labute approximate surface area is 143 Å². The molecule has 2 heterocycles. The van der Waals surface area contributed by atoms with Crippen LogP contribution in [0.5, 0.6) is 0 Å². The second-order valence-corrected chi connectivity index (χ2v) is 7.14.